The molecule has 2 heterocycles. The maximum Gasteiger partial charge on any atom is 0.312 e. The van der Waals surface area contributed by atoms with Gasteiger partial charge < -0.3 is 19.7 Å². The third kappa shape index (κ3) is 14.9. The zero-order valence-corrected chi connectivity index (χ0v) is 36.3. The molecule has 0 bridgehead atoms. The molecule has 2 aromatic rings. The van der Waals surface area contributed by atoms with Crippen LogP contribution in [-0.4, -0.2) is 146 Å². The van der Waals surface area contributed by atoms with Gasteiger partial charge in [-0.1, -0.05) is 98.8 Å². The molecule has 0 aromatic heterocycles. The van der Waals surface area contributed by atoms with Crippen LogP contribution in [-0.2, 0) is 19.1 Å². The van der Waals surface area contributed by atoms with Crippen LogP contribution in [0.5, 0.6) is 0 Å². The van der Waals surface area contributed by atoms with E-state index in [0.717, 1.165) is 65.4 Å². The molecule has 2 aromatic carbocycles. The van der Waals surface area contributed by atoms with E-state index in [4.69, 9.17) is 9.47 Å². The van der Waals surface area contributed by atoms with Crippen LogP contribution in [0, 0.1) is 16.7 Å². The van der Waals surface area contributed by atoms with Crippen molar-refractivity contribution in [2.75, 3.05) is 91.8 Å². The Bertz CT molecular complexity index is 1470. The van der Waals surface area contributed by atoms with Crippen LogP contribution in [0.15, 0.2) is 72.8 Å². The highest BCUT2D eigenvalue weighted by Gasteiger charge is 2.59. The van der Waals surface area contributed by atoms with Gasteiger partial charge in [0.25, 0.3) is 0 Å². The first kappa shape index (κ1) is 51.8. The number of esters is 2. The number of benzene rings is 2. The minimum atomic E-state index is -0.899. The summed E-state index contributed by atoms with van der Waals surface area (Å²) in [5.74, 6) is -1.27. The molecule has 10 nitrogen and oxygen atoms in total. The summed E-state index contributed by atoms with van der Waals surface area (Å²) < 4.78 is 11.4. The fraction of sp³-hybridized carbons (Fsp3) is 0.571. The Morgan fingerprint density at radius 1 is 0.661 bits per heavy atom. The van der Waals surface area contributed by atoms with Gasteiger partial charge in [-0.25, -0.2) is 0 Å². The van der Waals surface area contributed by atoms with E-state index >= 15 is 0 Å². The number of carbonyl (C=O) groups excluding carboxylic acids is 2. The molecule has 4 atom stereocenters. The van der Waals surface area contributed by atoms with Crippen LogP contribution in [0.4, 0.5) is 0 Å². The molecule has 2 N–H and O–H groups in total. The summed E-state index contributed by atoms with van der Waals surface area (Å²) in [5.41, 5.74) is 0.774. The van der Waals surface area contributed by atoms with Gasteiger partial charge in [-0.05, 0) is 36.3 Å². The predicted molar refractivity (Wildman–Crippen MR) is 234 cm³/mol. The average molecular weight is 863 g/mol. The number of aliphatic hydroxyl groups is 2. The summed E-state index contributed by atoms with van der Waals surface area (Å²) in [5, 5.41) is 21.5. The molecule has 56 heavy (non-hydrogen) atoms. The largest absolute Gasteiger partial charge is 0.463 e. The van der Waals surface area contributed by atoms with Crippen LogP contribution >= 0.6 is 49.6 Å². The highest BCUT2D eigenvalue weighted by atomic mass is 35.5. The lowest BCUT2D eigenvalue weighted by Crippen LogP contribution is -2.49. The lowest BCUT2D eigenvalue weighted by molar-refractivity contribution is -0.168. The molecule has 0 spiro atoms. The summed E-state index contributed by atoms with van der Waals surface area (Å²) in [6.45, 7) is 15.3. The zero-order valence-electron chi connectivity index (χ0n) is 33.1. The molecule has 2 saturated heterocycles. The topological polar surface area (TPSA) is 106 Å². The summed E-state index contributed by atoms with van der Waals surface area (Å²) in [7, 11) is 0. The second-order valence-electron chi connectivity index (χ2n) is 15.5. The molecule has 3 aliphatic rings. The number of ether oxygens (including phenoxy) is 2. The highest BCUT2D eigenvalue weighted by molar-refractivity contribution is 5.86. The van der Waals surface area contributed by atoms with Crippen molar-refractivity contribution in [2.45, 2.75) is 45.8 Å². The molecular weight excluding hydrogens is 798 g/mol. The Morgan fingerprint density at radius 3 is 1.48 bits per heavy atom. The minimum absolute atomic E-state index is 0. The summed E-state index contributed by atoms with van der Waals surface area (Å²) >= 11 is 0. The van der Waals surface area contributed by atoms with Gasteiger partial charge in [0.2, 0.25) is 0 Å². The van der Waals surface area contributed by atoms with Gasteiger partial charge in [-0.15, -0.1) is 49.6 Å². The average Bonchev–Trinajstić information content (AvgIpc) is 3.40. The van der Waals surface area contributed by atoms with Gasteiger partial charge in [0.1, 0.15) is 25.4 Å². The van der Waals surface area contributed by atoms with Crippen molar-refractivity contribution in [3.8, 4) is 0 Å². The molecule has 0 radical (unpaired) electrons. The van der Waals surface area contributed by atoms with Crippen LogP contribution in [0.2, 0.25) is 0 Å². The third-order valence-electron chi connectivity index (χ3n) is 11.6. The van der Waals surface area contributed by atoms with E-state index in [1.807, 2.05) is 57.2 Å². The number of rotatable bonds is 16. The van der Waals surface area contributed by atoms with Gasteiger partial charge in [0.15, 0.2) is 0 Å². The van der Waals surface area contributed by atoms with Crippen molar-refractivity contribution < 1.29 is 29.3 Å². The van der Waals surface area contributed by atoms with E-state index < -0.39 is 34.9 Å². The second-order valence-corrected chi connectivity index (χ2v) is 15.5. The molecule has 0 amide bonds. The molecule has 1 aliphatic carbocycles. The molecule has 3 fully saturated rings. The van der Waals surface area contributed by atoms with E-state index in [9.17, 15) is 19.8 Å². The van der Waals surface area contributed by atoms with Crippen molar-refractivity contribution in [1.29, 1.82) is 0 Å². The van der Waals surface area contributed by atoms with Crippen molar-refractivity contribution in [1.82, 2.24) is 19.6 Å². The molecular formula is C42H64Cl4N4O6. The first-order valence-corrected chi connectivity index (χ1v) is 19.1. The number of halogens is 4. The van der Waals surface area contributed by atoms with Gasteiger partial charge in [-0.3, -0.25) is 29.2 Å². The van der Waals surface area contributed by atoms with Crippen LogP contribution in [0.25, 0.3) is 12.2 Å². The Hall–Kier alpha value is -2.22. The molecule has 4 unspecified atom stereocenters. The van der Waals surface area contributed by atoms with Crippen LogP contribution < -0.4 is 0 Å². The van der Waals surface area contributed by atoms with Crippen LogP contribution in [0.1, 0.15) is 44.7 Å². The fourth-order valence-corrected chi connectivity index (χ4v) is 7.70. The predicted octanol–water partition coefficient (Wildman–Crippen LogP) is 5.59. The fourth-order valence-electron chi connectivity index (χ4n) is 7.70. The first-order valence-electron chi connectivity index (χ1n) is 19.1. The maximum atomic E-state index is 13.5. The number of β-amino-alcohol motifs (C(OH)–C–C–N with tert-alkyl or cyclic N) is 2. The molecule has 5 rings (SSSR count). The zero-order chi connectivity index (χ0) is 37.0. The minimum Gasteiger partial charge on any atom is -0.463 e. The summed E-state index contributed by atoms with van der Waals surface area (Å²) in [6.07, 6.45) is 8.08. The summed E-state index contributed by atoms with van der Waals surface area (Å²) in [6, 6.07) is 20.5. The lowest BCUT2D eigenvalue weighted by Gasteiger charge is -2.39. The lowest BCUT2D eigenvalue weighted by atomic mass is 9.65. The normalized spacial score (nSPS) is 22.9. The van der Waals surface area contributed by atoms with E-state index in [-0.39, 0.29) is 68.8 Å². The van der Waals surface area contributed by atoms with Crippen molar-refractivity contribution in [3.05, 3.63) is 83.9 Å². The Balaban J connectivity index is 0.00000392. The Morgan fingerprint density at radius 2 is 1.05 bits per heavy atom. The van der Waals surface area contributed by atoms with Gasteiger partial charge in [0, 0.05) is 78.5 Å². The van der Waals surface area contributed by atoms with Crippen LogP contribution in [0.3, 0.4) is 0 Å². The number of carbonyl (C=O) groups is 2. The number of hydrogen-bond acceptors (Lipinski definition) is 10. The number of hydrogen-bond donors (Lipinski definition) is 2. The maximum absolute atomic E-state index is 13.5. The molecule has 316 valence electrons. The SMILES string of the molecule is CC1(C(=O)OCC(O)CN2CCN(C/C=C/c3ccccc3)CC2)CCC(C(=O)OCC(O)CN2CCN(C/C=C/c3ccccc3)CC2)C1(C)C.Cl.Cl.Cl.Cl. The van der Waals surface area contributed by atoms with Crippen molar-refractivity contribution >= 4 is 73.7 Å². The standard InChI is InChI=1S/C42H60N4O6.4ClH/c1-41(2)38(39(49)51-32-36(47)30-45-26-22-43(23-27-45)20-10-16-34-12-6-4-7-13-34)18-19-42(41,3)40(50)52-33-37(48)31-46-28-24-44(25-29-46)21-11-17-35-14-8-5-9-15-35;;;;/h4-17,36-38,47-48H,18-33H2,1-3H3;4*1H/b16-10+,17-11+;;;;. The van der Waals surface area contributed by atoms with Gasteiger partial charge >= 0.3 is 11.9 Å². The third-order valence-corrected chi connectivity index (χ3v) is 11.6. The molecule has 2 aliphatic heterocycles. The molecule has 1 saturated carbocycles. The monoisotopic (exact) mass is 860 g/mol. The quantitative estimate of drug-likeness (QED) is 0.208. The van der Waals surface area contributed by atoms with Gasteiger partial charge in [0.05, 0.1) is 11.3 Å². The van der Waals surface area contributed by atoms with E-state index in [0.29, 0.717) is 25.9 Å². The van der Waals surface area contributed by atoms with Crippen molar-refractivity contribution in [3.63, 3.8) is 0 Å². The van der Waals surface area contributed by atoms with E-state index in [1.54, 1.807) is 0 Å². The van der Waals surface area contributed by atoms with E-state index in [2.05, 4.69) is 68.2 Å². The summed E-state index contributed by atoms with van der Waals surface area (Å²) in [4.78, 5) is 36.0. The highest BCUT2D eigenvalue weighted by Crippen LogP contribution is 2.57. The Labute approximate surface area is 359 Å². The molecule has 14 heteroatoms. The number of nitrogens with zero attached hydrogens (tertiary/aromatic N) is 4. The van der Waals surface area contributed by atoms with Gasteiger partial charge in [-0.2, -0.15) is 0 Å². The smallest absolute Gasteiger partial charge is 0.312 e. The number of piperazine rings is 2. The first-order chi connectivity index (χ1) is 25.0. The number of aliphatic hydroxyl groups excluding tert-OH is 2. The Kier molecular flexibility index (Phi) is 23.4. The van der Waals surface area contributed by atoms with E-state index in [1.165, 1.54) is 11.1 Å². The van der Waals surface area contributed by atoms with Crippen molar-refractivity contribution in [2.24, 2.45) is 16.7 Å². The second kappa shape index (κ2) is 25.3.